The lowest BCUT2D eigenvalue weighted by molar-refractivity contribution is 0.412. The number of benzene rings is 1. The summed E-state index contributed by atoms with van der Waals surface area (Å²) in [7, 11) is 4.09. The van der Waals surface area contributed by atoms with Crippen LogP contribution in [0.15, 0.2) is 18.2 Å². The maximum Gasteiger partial charge on any atom is 0.146 e. The zero-order valence-corrected chi connectivity index (χ0v) is 14.1. The lowest BCUT2D eigenvalue weighted by Gasteiger charge is -2.27. The molecule has 3 nitrogen and oxygen atoms in total. The number of halogens is 1. The molecule has 0 heterocycles. The second-order valence-corrected chi connectivity index (χ2v) is 5.78. The van der Waals surface area contributed by atoms with Crippen molar-refractivity contribution in [2.75, 3.05) is 45.2 Å². The van der Waals surface area contributed by atoms with Gasteiger partial charge in [0.15, 0.2) is 0 Å². The monoisotopic (exact) mass is 295 g/mol. The molecule has 1 aromatic carbocycles. The highest BCUT2D eigenvalue weighted by Crippen LogP contribution is 2.23. The van der Waals surface area contributed by atoms with Gasteiger partial charge < -0.3 is 15.1 Å². The highest BCUT2D eigenvalue weighted by atomic mass is 19.1. The fourth-order valence-electron chi connectivity index (χ4n) is 2.42. The molecule has 1 unspecified atom stereocenters. The Bertz CT molecular complexity index is 420. The summed E-state index contributed by atoms with van der Waals surface area (Å²) < 4.78 is 14.5. The van der Waals surface area contributed by atoms with Crippen LogP contribution in [0.1, 0.15) is 38.8 Å². The Hall–Kier alpha value is -1.13. The Balaban J connectivity index is 2.88. The maximum atomic E-state index is 14.5. The van der Waals surface area contributed by atoms with Crippen molar-refractivity contribution in [3.63, 3.8) is 0 Å². The van der Waals surface area contributed by atoms with Gasteiger partial charge in [-0.2, -0.15) is 0 Å². The van der Waals surface area contributed by atoms with Crippen molar-refractivity contribution >= 4 is 5.69 Å². The molecule has 120 valence electrons. The second-order valence-electron chi connectivity index (χ2n) is 5.78. The largest absolute Gasteiger partial charge is 0.368 e. The average Bonchev–Trinajstić information content (AvgIpc) is 2.43. The summed E-state index contributed by atoms with van der Waals surface area (Å²) in [5.74, 6) is -0.121. The summed E-state index contributed by atoms with van der Waals surface area (Å²) in [6.07, 6.45) is 1.02. The second kappa shape index (κ2) is 9.00. The van der Waals surface area contributed by atoms with Gasteiger partial charge in [0.1, 0.15) is 5.82 Å². The van der Waals surface area contributed by atoms with Crippen LogP contribution in [0.25, 0.3) is 0 Å². The Morgan fingerprint density at radius 1 is 1.14 bits per heavy atom. The summed E-state index contributed by atoms with van der Waals surface area (Å²) >= 11 is 0. The van der Waals surface area contributed by atoms with Crippen molar-refractivity contribution in [3.8, 4) is 0 Å². The van der Waals surface area contributed by atoms with Gasteiger partial charge in [-0.1, -0.05) is 19.9 Å². The molecule has 1 rings (SSSR count). The van der Waals surface area contributed by atoms with E-state index < -0.39 is 0 Å². The van der Waals surface area contributed by atoms with Gasteiger partial charge in [-0.15, -0.1) is 0 Å². The van der Waals surface area contributed by atoms with Crippen molar-refractivity contribution < 1.29 is 4.39 Å². The third kappa shape index (κ3) is 5.64. The first kappa shape index (κ1) is 17.9. The number of nitrogens with one attached hydrogen (secondary N) is 1. The van der Waals surface area contributed by atoms with E-state index in [4.69, 9.17) is 0 Å². The van der Waals surface area contributed by atoms with Crippen LogP contribution in [-0.2, 0) is 0 Å². The van der Waals surface area contributed by atoms with Crippen LogP contribution in [0.2, 0.25) is 0 Å². The lowest BCUT2D eigenvalue weighted by atomic mass is 10.1. The third-order valence-electron chi connectivity index (χ3n) is 3.63. The number of nitrogens with zero attached hydrogens (tertiary/aromatic N) is 2. The van der Waals surface area contributed by atoms with Crippen molar-refractivity contribution in [2.24, 2.45) is 0 Å². The molecule has 0 aliphatic rings. The SMILES string of the molecule is CCCN(CCN(C)C)c1ccc(C(C)NCC)cc1F. The van der Waals surface area contributed by atoms with E-state index in [-0.39, 0.29) is 11.9 Å². The molecule has 0 radical (unpaired) electrons. The van der Waals surface area contributed by atoms with E-state index in [0.717, 1.165) is 38.2 Å². The first-order valence-corrected chi connectivity index (χ1v) is 7.92. The van der Waals surface area contributed by atoms with Gasteiger partial charge in [0.05, 0.1) is 5.69 Å². The Morgan fingerprint density at radius 2 is 1.86 bits per heavy atom. The van der Waals surface area contributed by atoms with Crippen LogP contribution in [0.4, 0.5) is 10.1 Å². The van der Waals surface area contributed by atoms with Crippen LogP contribution in [0.3, 0.4) is 0 Å². The van der Waals surface area contributed by atoms with Gasteiger partial charge in [0.25, 0.3) is 0 Å². The predicted molar refractivity (Wildman–Crippen MR) is 89.5 cm³/mol. The zero-order valence-electron chi connectivity index (χ0n) is 14.1. The van der Waals surface area contributed by atoms with Crippen molar-refractivity contribution in [3.05, 3.63) is 29.6 Å². The molecule has 0 aromatic heterocycles. The van der Waals surface area contributed by atoms with Crippen molar-refractivity contribution in [1.29, 1.82) is 0 Å². The molecule has 21 heavy (non-hydrogen) atoms. The zero-order chi connectivity index (χ0) is 15.8. The molecule has 0 aliphatic carbocycles. The van der Waals surface area contributed by atoms with E-state index >= 15 is 0 Å². The van der Waals surface area contributed by atoms with Gasteiger partial charge >= 0.3 is 0 Å². The maximum absolute atomic E-state index is 14.5. The molecule has 1 atom stereocenters. The quantitative estimate of drug-likeness (QED) is 0.754. The van der Waals surface area contributed by atoms with Gasteiger partial charge in [0, 0.05) is 25.7 Å². The van der Waals surface area contributed by atoms with Crippen LogP contribution >= 0.6 is 0 Å². The smallest absolute Gasteiger partial charge is 0.146 e. The molecule has 0 bridgehead atoms. The van der Waals surface area contributed by atoms with Crippen LogP contribution in [-0.4, -0.2) is 45.2 Å². The molecule has 4 heteroatoms. The van der Waals surface area contributed by atoms with Crippen LogP contribution in [0, 0.1) is 5.82 Å². The van der Waals surface area contributed by atoms with Crippen LogP contribution < -0.4 is 10.2 Å². The normalized spacial score (nSPS) is 12.7. The Kier molecular flexibility index (Phi) is 7.68. The first-order chi connectivity index (χ1) is 9.99. The van der Waals surface area contributed by atoms with Crippen molar-refractivity contribution in [2.45, 2.75) is 33.2 Å². The molecule has 0 saturated heterocycles. The number of rotatable bonds is 9. The topological polar surface area (TPSA) is 18.5 Å². The van der Waals surface area contributed by atoms with E-state index in [0.29, 0.717) is 5.69 Å². The number of anilines is 1. The fourth-order valence-corrected chi connectivity index (χ4v) is 2.42. The molecule has 0 fully saturated rings. The number of hydrogen-bond acceptors (Lipinski definition) is 3. The minimum Gasteiger partial charge on any atom is -0.368 e. The molecular weight excluding hydrogens is 265 g/mol. The fraction of sp³-hybridized carbons (Fsp3) is 0.647. The average molecular weight is 295 g/mol. The molecule has 0 aliphatic heterocycles. The molecule has 1 N–H and O–H groups in total. The van der Waals surface area contributed by atoms with E-state index in [2.05, 4.69) is 35.9 Å². The standard InChI is InChI=1S/C17H30FN3/c1-6-10-21(12-11-20(4)5)17-9-8-15(13-16(17)18)14(3)19-7-2/h8-9,13-14,19H,6-7,10-12H2,1-5H3. The molecule has 0 saturated carbocycles. The molecular formula is C17H30FN3. The minimum absolute atomic E-state index is 0.121. The Morgan fingerprint density at radius 3 is 2.38 bits per heavy atom. The summed E-state index contributed by atoms with van der Waals surface area (Å²) in [5, 5.41) is 3.32. The highest BCUT2D eigenvalue weighted by molar-refractivity contribution is 5.49. The summed E-state index contributed by atoms with van der Waals surface area (Å²) in [5.41, 5.74) is 1.72. The van der Waals surface area contributed by atoms with Gasteiger partial charge in [0.2, 0.25) is 0 Å². The highest BCUT2D eigenvalue weighted by Gasteiger charge is 2.13. The predicted octanol–water partition coefficient (Wildman–Crippen LogP) is 3.27. The lowest BCUT2D eigenvalue weighted by Crippen LogP contribution is -2.33. The van der Waals surface area contributed by atoms with Gasteiger partial charge in [-0.25, -0.2) is 4.39 Å². The molecule has 0 spiro atoms. The first-order valence-electron chi connectivity index (χ1n) is 7.92. The van der Waals surface area contributed by atoms with Gasteiger partial charge in [-0.3, -0.25) is 0 Å². The number of likely N-dealkylation sites (N-methyl/N-ethyl adjacent to an activating group) is 1. The van der Waals surface area contributed by atoms with Gasteiger partial charge in [-0.05, 0) is 51.7 Å². The van der Waals surface area contributed by atoms with E-state index in [1.165, 1.54) is 0 Å². The van der Waals surface area contributed by atoms with Crippen LogP contribution in [0.5, 0.6) is 0 Å². The molecule has 1 aromatic rings. The summed E-state index contributed by atoms with van der Waals surface area (Å²) in [6, 6.07) is 5.80. The summed E-state index contributed by atoms with van der Waals surface area (Å²) in [4.78, 5) is 4.26. The Labute approximate surface area is 129 Å². The number of hydrogen-bond donors (Lipinski definition) is 1. The summed E-state index contributed by atoms with van der Waals surface area (Å²) in [6.45, 7) is 9.79. The molecule has 0 amide bonds. The van der Waals surface area contributed by atoms with E-state index in [9.17, 15) is 4.39 Å². The van der Waals surface area contributed by atoms with Crippen molar-refractivity contribution in [1.82, 2.24) is 10.2 Å². The minimum atomic E-state index is -0.121. The van der Waals surface area contributed by atoms with E-state index in [1.807, 2.05) is 26.2 Å². The van der Waals surface area contributed by atoms with E-state index in [1.54, 1.807) is 6.07 Å². The third-order valence-corrected chi connectivity index (χ3v) is 3.63.